The molecule has 0 atom stereocenters. The first-order valence-corrected chi connectivity index (χ1v) is 6.68. The quantitative estimate of drug-likeness (QED) is 0.826. The molecule has 1 fully saturated rings. The molecule has 0 saturated heterocycles. The highest BCUT2D eigenvalue weighted by molar-refractivity contribution is 5.96. The van der Waals surface area contributed by atoms with E-state index in [4.69, 9.17) is 5.73 Å². The zero-order valence-corrected chi connectivity index (χ0v) is 11.2. The Morgan fingerprint density at radius 1 is 1.58 bits per heavy atom. The van der Waals surface area contributed by atoms with E-state index in [1.54, 1.807) is 18.5 Å². The molecular weight excluding hydrogens is 238 g/mol. The molecule has 0 aliphatic heterocycles. The predicted octanol–water partition coefficient (Wildman–Crippen LogP) is 1.26. The summed E-state index contributed by atoms with van der Waals surface area (Å²) in [5, 5.41) is 0. The van der Waals surface area contributed by atoms with E-state index in [9.17, 15) is 4.79 Å². The van der Waals surface area contributed by atoms with Crippen molar-refractivity contribution in [1.29, 1.82) is 0 Å². The van der Waals surface area contributed by atoms with E-state index < -0.39 is 0 Å². The second-order valence-electron chi connectivity index (χ2n) is 4.71. The van der Waals surface area contributed by atoms with E-state index in [1.165, 1.54) is 12.8 Å². The van der Waals surface area contributed by atoms with Gasteiger partial charge >= 0.3 is 0 Å². The fourth-order valence-corrected chi connectivity index (χ4v) is 1.96. The maximum Gasteiger partial charge on any atom is 0.255 e. The minimum atomic E-state index is 0.0399. The molecule has 0 unspecified atom stereocenters. The number of nitrogens with zero attached hydrogens (tertiary/aromatic N) is 2. The minimum absolute atomic E-state index is 0.0399. The van der Waals surface area contributed by atoms with Gasteiger partial charge in [-0.05, 0) is 31.7 Å². The summed E-state index contributed by atoms with van der Waals surface area (Å²) in [5.41, 5.74) is 6.66. The van der Waals surface area contributed by atoms with Crippen molar-refractivity contribution < 1.29 is 4.79 Å². The predicted molar refractivity (Wildman–Crippen MR) is 74.5 cm³/mol. The largest absolute Gasteiger partial charge is 0.339 e. The Kier molecular flexibility index (Phi) is 4.53. The Bertz CT molecular complexity index is 512. The van der Waals surface area contributed by atoms with E-state index in [0.717, 1.165) is 13.1 Å². The molecule has 1 aromatic rings. The standard InChI is InChI=1S/C15H19N3O/c1-2-18(11-12-5-6-12)15(19)14-7-9-17-10-13(14)4-3-8-16/h7,9-10,12H,2,5-6,8,11,16H2,1H3. The van der Waals surface area contributed by atoms with Gasteiger partial charge in [0.25, 0.3) is 5.91 Å². The maximum atomic E-state index is 12.5. The van der Waals surface area contributed by atoms with Gasteiger partial charge in [-0.1, -0.05) is 11.8 Å². The molecule has 0 aromatic carbocycles. The summed E-state index contributed by atoms with van der Waals surface area (Å²) in [6.45, 7) is 3.86. The van der Waals surface area contributed by atoms with Gasteiger partial charge in [0, 0.05) is 25.5 Å². The van der Waals surface area contributed by atoms with Crippen LogP contribution in [0.2, 0.25) is 0 Å². The molecule has 1 amide bonds. The smallest absolute Gasteiger partial charge is 0.255 e. The lowest BCUT2D eigenvalue weighted by molar-refractivity contribution is 0.0756. The van der Waals surface area contributed by atoms with Gasteiger partial charge in [0.15, 0.2) is 0 Å². The Hall–Kier alpha value is -1.86. The van der Waals surface area contributed by atoms with Gasteiger partial charge in [-0.3, -0.25) is 9.78 Å². The lowest BCUT2D eigenvalue weighted by Gasteiger charge is -2.21. The third kappa shape index (κ3) is 3.55. The molecule has 100 valence electrons. The van der Waals surface area contributed by atoms with E-state index >= 15 is 0 Å². The van der Waals surface area contributed by atoms with Crippen molar-refractivity contribution in [3.63, 3.8) is 0 Å². The number of amides is 1. The van der Waals surface area contributed by atoms with Gasteiger partial charge in [0.2, 0.25) is 0 Å². The van der Waals surface area contributed by atoms with Gasteiger partial charge in [-0.15, -0.1) is 0 Å². The van der Waals surface area contributed by atoms with Gasteiger partial charge in [0.1, 0.15) is 0 Å². The molecule has 4 heteroatoms. The highest BCUT2D eigenvalue weighted by atomic mass is 16.2. The van der Waals surface area contributed by atoms with Crippen molar-refractivity contribution in [2.45, 2.75) is 19.8 Å². The molecule has 0 radical (unpaired) electrons. The molecule has 2 N–H and O–H groups in total. The van der Waals surface area contributed by atoms with Crippen molar-refractivity contribution in [2.24, 2.45) is 11.7 Å². The Labute approximate surface area is 114 Å². The lowest BCUT2D eigenvalue weighted by atomic mass is 10.1. The van der Waals surface area contributed by atoms with Crippen LogP contribution in [0.1, 0.15) is 35.7 Å². The van der Waals surface area contributed by atoms with E-state index in [1.807, 2.05) is 11.8 Å². The normalized spacial score (nSPS) is 13.6. The first kappa shape index (κ1) is 13.6. The third-order valence-corrected chi connectivity index (χ3v) is 3.22. The molecule has 0 spiro atoms. The summed E-state index contributed by atoms with van der Waals surface area (Å²) in [6, 6.07) is 1.73. The third-order valence-electron chi connectivity index (χ3n) is 3.22. The number of carbonyl (C=O) groups is 1. The molecular formula is C15H19N3O. The maximum absolute atomic E-state index is 12.5. The van der Waals surface area contributed by atoms with Crippen LogP contribution in [-0.4, -0.2) is 35.4 Å². The zero-order valence-electron chi connectivity index (χ0n) is 11.2. The van der Waals surface area contributed by atoms with Crippen LogP contribution < -0.4 is 5.73 Å². The van der Waals surface area contributed by atoms with Crippen molar-refractivity contribution in [3.8, 4) is 11.8 Å². The van der Waals surface area contributed by atoms with Crippen LogP contribution in [-0.2, 0) is 0 Å². The highest BCUT2D eigenvalue weighted by Gasteiger charge is 2.27. The second-order valence-corrected chi connectivity index (χ2v) is 4.71. The van der Waals surface area contributed by atoms with Crippen LogP contribution in [0.25, 0.3) is 0 Å². The van der Waals surface area contributed by atoms with E-state index in [-0.39, 0.29) is 12.5 Å². The number of carbonyl (C=O) groups excluding carboxylic acids is 1. The van der Waals surface area contributed by atoms with Crippen molar-refractivity contribution in [3.05, 3.63) is 29.6 Å². The number of aromatic nitrogens is 1. The summed E-state index contributed by atoms with van der Waals surface area (Å²) in [5.74, 6) is 6.42. The Balaban J connectivity index is 2.20. The molecule has 1 aliphatic carbocycles. The Morgan fingerprint density at radius 3 is 3.00 bits per heavy atom. The molecule has 1 heterocycles. The first-order chi connectivity index (χ1) is 9.26. The average Bonchev–Trinajstić information content (AvgIpc) is 3.26. The summed E-state index contributed by atoms with van der Waals surface area (Å²) in [4.78, 5) is 18.4. The Morgan fingerprint density at radius 2 is 2.37 bits per heavy atom. The van der Waals surface area contributed by atoms with E-state index in [2.05, 4.69) is 16.8 Å². The topological polar surface area (TPSA) is 59.2 Å². The van der Waals surface area contributed by atoms with Gasteiger partial charge < -0.3 is 10.6 Å². The summed E-state index contributed by atoms with van der Waals surface area (Å²) >= 11 is 0. The summed E-state index contributed by atoms with van der Waals surface area (Å²) in [6.07, 6.45) is 5.73. The highest BCUT2D eigenvalue weighted by Crippen LogP contribution is 2.30. The van der Waals surface area contributed by atoms with Crippen molar-refractivity contribution in [2.75, 3.05) is 19.6 Å². The van der Waals surface area contributed by atoms with Crippen LogP contribution in [0.5, 0.6) is 0 Å². The molecule has 1 aliphatic rings. The van der Waals surface area contributed by atoms with Crippen molar-refractivity contribution >= 4 is 5.91 Å². The number of pyridine rings is 1. The number of rotatable bonds is 4. The van der Waals surface area contributed by atoms with Crippen LogP contribution in [0.3, 0.4) is 0 Å². The number of hydrogen-bond donors (Lipinski definition) is 1. The fraction of sp³-hybridized carbons (Fsp3) is 0.467. The molecule has 1 saturated carbocycles. The van der Waals surface area contributed by atoms with Gasteiger partial charge in [-0.25, -0.2) is 0 Å². The SMILES string of the molecule is CCN(CC1CC1)C(=O)c1ccncc1C#CCN. The summed E-state index contributed by atoms with van der Waals surface area (Å²) in [7, 11) is 0. The van der Waals surface area contributed by atoms with E-state index in [0.29, 0.717) is 17.0 Å². The van der Waals surface area contributed by atoms with Crippen LogP contribution >= 0.6 is 0 Å². The number of nitrogens with two attached hydrogens (primary N) is 1. The summed E-state index contributed by atoms with van der Waals surface area (Å²) < 4.78 is 0. The number of hydrogen-bond acceptors (Lipinski definition) is 3. The second kappa shape index (κ2) is 6.35. The van der Waals surface area contributed by atoms with Crippen molar-refractivity contribution in [1.82, 2.24) is 9.88 Å². The zero-order chi connectivity index (χ0) is 13.7. The average molecular weight is 257 g/mol. The van der Waals surface area contributed by atoms with Crippen LogP contribution in [0.4, 0.5) is 0 Å². The molecule has 1 aromatic heterocycles. The fourth-order valence-electron chi connectivity index (χ4n) is 1.96. The van der Waals surface area contributed by atoms with Gasteiger partial charge in [0.05, 0.1) is 17.7 Å². The lowest BCUT2D eigenvalue weighted by Crippen LogP contribution is -2.33. The molecule has 2 rings (SSSR count). The molecule has 0 bridgehead atoms. The molecule has 4 nitrogen and oxygen atoms in total. The molecule has 19 heavy (non-hydrogen) atoms. The van der Waals surface area contributed by atoms with Crippen LogP contribution in [0.15, 0.2) is 18.5 Å². The minimum Gasteiger partial charge on any atom is -0.339 e. The first-order valence-electron chi connectivity index (χ1n) is 6.68. The monoisotopic (exact) mass is 257 g/mol. The van der Waals surface area contributed by atoms with Crippen LogP contribution in [0, 0.1) is 17.8 Å². The van der Waals surface area contributed by atoms with Gasteiger partial charge in [-0.2, -0.15) is 0 Å².